The smallest absolute Gasteiger partial charge is 0.263 e. The van der Waals surface area contributed by atoms with Gasteiger partial charge in [0.1, 0.15) is 11.9 Å². The number of anilines is 1. The van der Waals surface area contributed by atoms with Crippen molar-refractivity contribution in [1.29, 1.82) is 0 Å². The second-order valence-electron chi connectivity index (χ2n) is 6.86. The van der Waals surface area contributed by atoms with E-state index in [4.69, 9.17) is 4.74 Å². The second-order valence-corrected chi connectivity index (χ2v) is 6.86. The van der Waals surface area contributed by atoms with Gasteiger partial charge in [-0.25, -0.2) is 8.78 Å². The molecular formula is C21H24F2N2O2. The van der Waals surface area contributed by atoms with E-state index in [0.29, 0.717) is 6.54 Å². The number of hydrogen-bond acceptors (Lipinski definition) is 3. The Bertz CT molecular complexity index is 780. The van der Waals surface area contributed by atoms with Crippen LogP contribution < -0.4 is 15.0 Å². The van der Waals surface area contributed by atoms with E-state index in [0.717, 1.165) is 30.0 Å². The van der Waals surface area contributed by atoms with E-state index < -0.39 is 6.43 Å². The standard InChI is InChI=1S/C21H24F2N2O2/c1-14(24-15(2)26)16-6-8-19(9-7-16)27-20-10-11-25(13-20)18-5-3-4-17(12-18)21(22)23/h3-9,12,14,20-21H,10-11,13H2,1-2H3,(H,24,26)/t14-,20+/m0/s1. The summed E-state index contributed by atoms with van der Waals surface area (Å²) in [7, 11) is 0. The van der Waals surface area contributed by atoms with E-state index in [1.54, 1.807) is 12.1 Å². The van der Waals surface area contributed by atoms with Crippen LogP contribution in [0.5, 0.6) is 5.75 Å². The van der Waals surface area contributed by atoms with Gasteiger partial charge in [-0.15, -0.1) is 0 Å². The zero-order chi connectivity index (χ0) is 19.4. The average molecular weight is 374 g/mol. The van der Waals surface area contributed by atoms with Gasteiger partial charge in [0, 0.05) is 31.1 Å². The van der Waals surface area contributed by atoms with Gasteiger partial charge in [-0.2, -0.15) is 0 Å². The van der Waals surface area contributed by atoms with Crippen molar-refractivity contribution in [3.8, 4) is 5.75 Å². The third-order valence-electron chi connectivity index (χ3n) is 4.73. The lowest BCUT2D eigenvalue weighted by molar-refractivity contribution is -0.119. The monoisotopic (exact) mass is 374 g/mol. The first-order valence-electron chi connectivity index (χ1n) is 9.09. The summed E-state index contributed by atoms with van der Waals surface area (Å²) < 4.78 is 31.8. The fraction of sp³-hybridized carbons (Fsp3) is 0.381. The first-order valence-corrected chi connectivity index (χ1v) is 9.09. The molecule has 2 aromatic carbocycles. The normalized spacial score (nSPS) is 17.8. The van der Waals surface area contributed by atoms with E-state index in [1.807, 2.05) is 37.3 Å². The quantitative estimate of drug-likeness (QED) is 0.811. The van der Waals surface area contributed by atoms with Gasteiger partial charge in [0.05, 0.1) is 12.6 Å². The maximum atomic E-state index is 12.9. The van der Waals surface area contributed by atoms with E-state index in [-0.39, 0.29) is 23.6 Å². The molecule has 0 saturated carbocycles. The fourth-order valence-electron chi connectivity index (χ4n) is 3.33. The van der Waals surface area contributed by atoms with Crippen molar-refractivity contribution < 1.29 is 18.3 Å². The molecule has 1 aliphatic heterocycles. The molecule has 2 atom stereocenters. The highest BCUT2D eigenvalue weighted by atomic mass is 19.3. The first kappa shape index (κ1) is 19.1. The van der Waals surface area contributed by atoms with Gasteiger partial charge in [0.25, 0.3) is 6.43 Å². The number of benzene rings is 2. The summed E-state index contributed by atoms with van der Waals surface area (Å²) in [6, 6.07) is 14.1. The second kappa shape index (κ2) is 8.37. The number of alkyl halides is 2. The third kappa shape index (κ3) is 4.96. The molecule has 0 aliphatic carbocycles. The summed E-state index contributed by atoms with van der Waals surface area (Å²) in [5, 5.41) is 2.85. The van der Waals surface area contributed by atoms with Crippen LogP contribution in [0.4, 0.5) is 14.5 Å². The number of nitrogens with zero attached hydrogens (tertiary/aromatic N) is 1. The molecule has 0 bridgehead atoms. The third-order valence-corrected chi connectivity index (χ3v) is 4.73. The Balaban J connectivity index is 1.58. The summed E-state index contributed by atoms with van der Waals surface area (Å²) in [4.78, 5) is 13.2. The maximum Gasteiger partial charge on any atom is 0.263 e. The van der Waals surface area contributed by atoms with Crippen molar-refractivity contribution >= 4 is 11.6 Å². The number of amides is 1. The van der Waals surface area contributed by atoms with Gasteiger partial charge in [-0.05, 0) is 36.8 Å². The number of rotatable bonds is 6. The van der Waals surface area contributed by atoms with E-state index in [1.165, 1.54) is 13.0 Å². The van der Waals surface area contributed by atoms with E-state index in [9.17, 15) is 13.6 Å². The van der Waals surface area contributed by atoms with Gasteiger partial charge in [-0.1, -0.05) is 24.3 Å². The van der Waals surface area contributed by atoms with Gasteiger partial charge >= 0.3 is 0 Å². The number of carbonyl (C=O) groups excluding carboxylic acids is 1. The number of hydrogen-bond donors (Lipinski definition) is 1. The molecule has 1 saturated heterocycles. The number of halogens is 2. The Labute approximate surface area is 158 Å². The molecule has 0 aromatic heterocycles. The molecule has 144 valence electrons. The highest BCUT2D eigenvalue weighted by Crippen LogP contribution is 2.28. The van der Waals surface area contributed by atoms with Crippen molar-refractivity contribution in [2.24, 2.45) is 0 Å². The molecule has 2 aromatic rings. The Morgan fingerprint density at radius 3 is 2.59 bits per heavy atom. The van der Waals surface area contributed by atoms with Crippen molar-refractivity contribution in [3.63, 3.8) is 0 Å². The molecule has 27 heavy (non-hydrogen) atoms. The first-order chi connectivity index (χ1) is 12.9. The molecule has 0 unspecified atom stereocenters. The number of nitrogens with one attached hydrogen (secondary N) is 1. The largest absolute Gasteiger partial charge is 0.489 e. The SMILES string of the molecule is CC(=O)N[C@@H](C)c1ccc(O[C@@H]2CCN(c3cccc(C(F)F)c3)C2)cc1. The predicted molar refractivity (Wildman–Crippen MR) is 101 cm³/mol. The number of ether oxygens (including phenoxy) is 1. The topological polar surface area (TPSA) is 41.6 Å². The van der Waals surface area contributed by atoms with Crippen LogP contribution in [0.2, 0.25) is 0 Å². The zero-order valence-electron chi connectivity index (χ0n) is 15.5. The molecule has 1 N–H and O–H groups in total. The Kier molecular flexibility index (Phi) is 5.94. The summed E-state index contributed by atoms with van der Waals surface area (Å²) in [5.41, 5.74) is 1.86. The van der Waals surface area contributed by atoms with Crippen LogP contribution in [0.15, 0.2) is 48.5 Å². The number of carbonyl (C=O) groups is 1. The van der Waals surface area contributed by atoms with Gasteiger partial charge in [-0.3, -0.25) is 4.79 Å². The van der Waals surface area contributed by atoms with Crippen molar-refractivity contribution in [3.05, 3.63) is 59.7 Å². The Morgan fingerprint density at radius 2 is 1.93 bits per heavy atom. The lowest BCUT2D eigenvalue weighted by Crippen LogP contribution is -2.25. The Hall–Kier alpha value is -2.63. The van der Waals surface area contributed by atoms with Gasteiger partial charge < -0.3 is 15.0 Å². The van der Waals surface area contributed by atoms with Crippen LogP contribution in [0.1, 0.15) is 43.9 Å². The molecule has 1 fully saturated rings. The summed E-state index contributed by atoms with van der Waals surface area (Å²) in [5.74, 6) is 0.701. The van der Waals surface area contributed by atoms with Crippen molar-refractivity contribution in [2.75, 3.05) is 18.0 Å². The summed E-state index contributed by atoms with van der Waals surface area (Å²) >= 11 is 0. The molecule has 1 amide bonds. The van der Waals surface area contributed by atoms with Crippen LogP contribution >= 0.6 is 0 Å². The fourth-order valence-corrected chi connectivity index (χ4v) is 3.33. The highest BCUT2D eigenvalue weighted by molar-refractivity contribution is 5.73. The van der Waals surface area contributed by atoms with Crippen LogP contribution in [0.3, 0.4) is 0 Å². The predicted octanol–water partition coefficient (Wildman–Crippen LogP) is 4.48. The molecule has 0 radical (unpaired) electrons. The molecular weight excluding hydrogens is 350 g/mol. The van der Waals surface area contributed by atoms with Crippen LogP contribution in [0.25, 0.3) is 0 Å². The molecule has 3 rings (SSSR count). The zero-order valence-corrected chi connectivity index (χ0v) is 15.5. The van der Waals surface area contributed by atoms with Crippen LogP contribution in [-0.4, -0.2) is 25.1 Å². The van der Waals surface area contributed by atoms with Crippen molar-refractivity contribution in [1.82, 2.24) is 5.32 Å². The molecule has 0 spiro atoms. The molecule has 4 nitrogen and oxygen atoms in total. The van der Waals surface area contributed by atoms with E-state index >= 15 is 0 Å². The Morgan fingerprint density at radius 1 is 1.19 bits per heavy atom. The minimum Gasteiger partial charge on any atom is -0.489 e. The minimum atomic E-state index is -2.46. The summed E-state index contributed by atoms with van der Waals surface area (Å²) in [6.45, 7) is 4.86. The lowest BCUT2D eigenvalue weighted by atomic mass is 10.1. The maximum absolute atomic E-state index is 12.9. The summed E-state index contributed by atoms with van der Waals surface area (Å²) in [6.07, 6.45) is -1.61. The molecule has 1 heterocycles. The van der Waals surface area contributed by atoms with Crippen LogP contribution in [0, 0.1) is 0 Å². The van der Waals surface area contributed by atoms with Crippen molar-refractivity contribution in [2.45, 2.75) is 38.8 Å². The highest BCUT2D eigenvalue weighted by Gasteiger charge is 2.25. The lowest BCUT2D eigenvalue weighted by Gasteiger charge is -2.20. The van der Waals surface area contributed by atoms with E-state index in [2.05, 4.69) is 10.2 Å². The molecule has 6 heteroatoms. The minimum absolute atomic E-state index is 0.0128. The van der Waals surface area contributed by atoms with Gasteiger partial charge in [0.15, 0.2) is 0 Å². The van der Waals surface area contributed by atoms with Crippen LogP contribution in [-0.2, 0) is 4.79 Å². The average Bonchev–Trinajstić information content (AvgIpc) is 3.10. The van der Waals surface area contributed by atoms with Gasteiger partial charge in [0.2, 0.25) is 5.91 Å². The molecule has 1 aliphatic rings.